The smallest absolute Gasteiger partial charge is 0.0405 e. The fourth-order valence-corrected chi connectivity index (χ4v) is 2.59. The predicted molar refractivity (Wildman–Crippen MR) is 78.2 cm³/mol. The van der Waals surface area contributed by atoms with Crippen LogP contribution in [-0.4, -0.2) is 32.2 Å². The van der Waals surface area contributed by atoms with Crippen LogP contribution < -0.4 is 16.0 Å². The molecule has 3 nitrogen and oxygen atoms in total. The van der Waals surface area contributed by atoms with Crippen LogP contribution in [0.15, 0.2) is 24.3 Å². The molecule has 0 saturated carbocycles. The number of anilines is 1. The zero-order valence-corrected chi connectivity index (χ0v) is 11.7. The molecule has 1 atom stereocenters. The summed E-state index contributed by atoms with van der Waals surface area (Å²) in [6.45, 7) is 10.6. The third-order valence-corrected chi connectivity index (χ3v) is 3.59. The first-order chi connectivity index (χ1) is 8.52. The molecular formula is C15H25N3. The van der Waals surface area contributed by atoms with Gasteiger partial charge in [0.1, 0.15) is 0 Å². The van der Waals surface area contributed by atoms with Crippen molar-refractivity contribution in [3.63, 3.8) is 0 Å². The molecule has 1 aliphatic rings. The summed E-state index contributed by atoms with van der Waals surface area (Å²) in [6.07, 6.45) is 0. The lowest BCUT2D eigenvalue weighted by molar-refractivity contribution is 0.460. The Morgan fingerprint density at radius 2 is 2.06 bits per heavy atom. The lowest BCUT2D eigenvalue weighted by Gasteiger charge is -2.37. The fraction of sp³-hybridized carbons (Fsp3) is 0.600. The van der Waals surface area contributed by atoms with Crippen molar-refractivity contribution in [2.24, 2.45) is 5.73 Å². The minimum absolute atomic E-state index is 0.180. The van der Waals surface area contributed by atoms with E-state index < -0.39 is 0 Å². The van der Waals surface area contributed by atoms with E-state index in [2.05, 4.69) is 55.3 Å². The molecule has 0 radical (unpaired) electrons. The average molecular weight is 247 g/mol. The minimum atomic E-state index is 0.180. The number of piperazine rings is 1. The molecule has 2 rings (SSSR count). The molecule has 1 aromatic rings. The monoisotopic (exact) mass is 247 g/mol. The van der Waals surface area contributed by atoms with Crippen LogP contribution in [0.4, 0.5) is 5.69 Å². The Morgan fingerprint density at radius 1 is 1.33 bits per heavy atom. The lowest BCUT2D eigenvalue weighted by atomic mass is 9.85. The van der Waals surface area contributed by atoms with Crippen molar-refractivity contribution in [3.8, 4) is 0 Å². The van der Waals surface area contributed by atoms with E-state index in [1.165, 1.54) is 11.3 Å². The molecule has 3 heteroatoms. The van der Waals surface area contributed by atoms with Crippen LogP contribution in [0.25, 0.3) is 0 Å². The summed E-state index contributed by atoms with van der Waals surface area (Å²) in [5.41, 5.74) is 8.74. The van der Waals surface area contributed by atoms with Crippen molar-refractivity contribution < 1.29 is 0 Å². The molecule has 0 amide bonds. The van der Waals surface area contributed by atoms with E-state index in [4.69, 9.17) is 5.73 Å². The second kappa shape index (κ2) is 5.29. The normalized spacial score (nSPS) is 21.1. The number of para-hydroxylation sites is 1. The van der Waals surface area contributed by atoms with Gasteiger partial charge in [0.15, 0.2) is 0 Å². The Morgan fingerprint density at radius 3 is 2.72 bits per heavy atom. The van der Waals surface area contributed by atoms with E-state index >= 15 is 0 Å². The Labute approximate surface area is 110 Å². The van der Waals surface area contributed by atoms with Crippen LogP contribution in [-0.2, 0) is 5.41 Å². The molecule has 0 spiro atoms. The summed E-state index contributed by atoms with van der Waals surface area (Å²) in [5, 5.41) is 3.46. The molecule has 3 N–H and O–H groups in total. The van der Waals surface area contributed by atoms with Crippen LogP contribution in [0.3, 0.4) is 0 Å². The number of rotatable bonds is 2. The van der Waals surface area contributed by atoms with Crippen LogP contribution >= 0.6 is 0 Å². The maximum absolute atomic E-state index is 5.78. The van der Waals surface area contributed by atoms with Gasteiger partial charge in [-0.1, -0.05) is 39.0 Å². The second-order valence-corrected chi connectivity index (χ2v) is 6.10. The van der Waals surface area contributed by atoms with E-state index in [1.807, 2.05) is 0 Å². The topological polar surface area (TPSA) is 41.3 Å². The molecular weight excluding hydrogens is 222 g/mol. The van der Waals surface area contributed by atoms with Gasteiger partial charge in [-0.3, -0.25) is 0 Å². The predicted octanol–water partition coefficient (Wildman–Crippen LogP) is 1.72. The average Bonchev–Trinajstić information content (AvgIpc) is 2.38. The Bertz CT molecular complexity index is 395. The SMILES string of the molecule is CC(C)(C)c1ccccc1N1CCNC(CN)C1. The maximum atomic E-state index is 5.78. The fourth-order valence-electron chi connectivity index (χ4n) is 2.59. The van der Waals surface area contributed by atoms with Crippen molar-refractivity contribution in [2.75, 3.05) is 31.1 Å². The molecule has 1 heterocycles. The third-order valence-electron chi connectivity index (χ3n) is 3.59. The van der Waals surface area contributed by atoms with Crippen LogP contribution in [0.1, 0.15) is 26.3 Å². The van der Waals surface area contributed by atoms with E-state index in [-0.39, 0.29) is 5.41 Å². The standard InChI is InChI=1S/C15H25N3/c1-15(2,3)13-6-4-5-7-14(13)18-9-8-17-12(10-16)11-18/h4-7,12,17H,8-11,16H2,1-3H3. The summed E-state index contributed by atoms with van der Waals surface area (Å²) in [6, 6.07) is 9.15. The molecule has 1 aliphatic heterocycles. The Kier molecular flexibility index (Phi) is 3.93. The van der Waals surface area contributed by atoms with Gasteiger partial charge >= 0.3 is 0 Å². The molecule has 0 aliphatic carbocycles. The van der Waals surface area contributed by atoms with Gasteiger partial charge in [-0.25, -0.2) is 0 Å². The zero-order valence-electron chi connectivity index (χ0n) is 11.7. The number of hydrogen-bond donors (Lipinski definition) is 2. The largest absolute Gasteiger partial charge is 0.368 e. The highest BCUT2D eigenvalue weighted by Crippen LogP contribution is 2.32. The van der Waals surface area contributed by atoms with Crippen LogP contribution in [0.2, 0.25) is 0 Å². The molecule has 1 unspecified atom stereocenters. The van der Waals surface area contributed by atoms with Gasteiger partial charge in [-0.15, -0.1) is 0 Å². The second-order valence-electron chi connectivity index (χ2n) is 6.10. The molecule has 1 saturated heterocycles. The molecule has 1 aromatic carbocycles. The van der Waals surface area contributed by atoms with E-state index in [1.54, 1.807) is 0 Å². The van der Waals surface area contributed by atoms with Crippen molar-refractivity contribution in [1.29, 1.82) is 0 Å². The number of benzene rings is 1. The quantitative estimate of drug-likeness (QED) is 0.836. The minimum Gasteiger partial charge on any atom is -0.368 e. The van der Waals surface area contributed by atoms with Gasteiger partial charge in [0.05, 0.1) is 0 Å². The molecule has 100 valence electrons. The van der Waals surface area contributed by atoms with E-state index in [9.17, 15) is 0 Å². The molecule has 0 aromatic heterocycles. The van der Waals surface area contributed by atoms with Crippen molar-refractivity contribution in [3.05, 3.63) is 29.8 Å². The number of nitrogens with two attached hydrogens (primary N) is 1. The maximum Gasteiger partial charge on any atom is 0.0405 e. The summed E-state index contributed by atoms with van der Waals surface area (Å²) >= 11 is 0. The highest BCUT2D eigenvalue weighted by Gasteiger charge is 2.24. The lowest BCUT2D eigenvalue weighted by Crippen LogP contribution is -2.54. The van der Waals surface area contributed by atoms with Crippen molar-refractivity contribution in [2.45, 2.75) is 32.2 Å². The van der Waals surface area contributed by atoms with Crippen LogP contribution in [0, 0.1) is 0 Å². The first kappa shape index (κ1) is 13.4. The van der Waals surface area contributed by atoms with Gasteiger partial charge in [0.25, 0.3) is 0 Å². The number of nitrogens with zero attached hydrogens (tertiary/aromatic N) is 1. The van der Waals surface area contributed by atoms with Crippen molar-refractivity contribution >= 4 is 5.69 Å². The number of nitrogens with one attached hydrogen (secondary N) is 1. The Balaban J connectivity index is 2.27. The van der Waals surface area contributed by atoms with E-state index in [0.717, 1.165) is 19.6 Å². The summed E-state index contributed by atoms with van der Waals surface area (Å²) in [5.74, 6) is 0. The molecule has 1 fully saturated rings. The third kappa shape index (κ3) is 2.85. The van der Waals surface area contributed by atoms with Gasteiger partial charge in [-0.05, 0) is 17.0 Å². The van der Waals surface area contributed by atoms with Crippen molar-refractivity contribution in [1.82, 2.24) is 5.32 Å². The van der Waals surface area contributed by atoms with Gasteiger partial charge in [0.2, 0.25) is 0 Å². The number of hydrogen-bond acceptors (Lipinski definition) is 3. The van der Waals surface area contributed by atoms with Gasteiger partial charge in [-0.2, -0.15) is 0 Å². The first-order valence-electron chi connectivity index (χ1n) is 6.80. The highest BCUT2D eigenvalue weighted by molar-refractivity contribution is 5.56. The Hall–Kier alpha value is -1.06. The van der Waals surface area contributed by atoms with Gasteiger partial charge < -0.3 is 16.0 Å². The van der Waals surface area contributed by atoms with Gasteiger partial charge in [0, 0.05) is 37.9 Å². The summed E-state index contributed by atoms with van der Waals surface area (Å²) < 4.78 is 0. The first-order valence-corrected chi connectivity index (χ1v) is 6.80. The summed E-state index contributed by atoms with van der Waals surface area (Å²) in [7, 11) is 0. The van der Waals surface area contributed by atoms with Crippen LogP contribution in [0.5, 0.6) is 0 Å². The molecule has 0 bridgehead atoms. The summed E-state index contributed by atoms with van der Waals surface area (Å²) in [4.78, 5) is 2.47. The van der Waals surface area contributed by atoms with E-state index in [0.29, 0.717) is 12.6 Å². The molecule has 18 heavy (non-hydrogen) atoms. The highest BCUT2D eigenvalue weighted by atomic mass is 15.2. The zero-order chi connectivity index (χ0) is 13.2.